The summed E-state index contributed by atoms with van der Waals surface area (Å²) < 4.78 is 5.73. The number of nitrogens with one attached hydrogen (secondary N) is 4. The molecule has 6 amide bonds. The second-order valence-corrected chi connectivity index (χ2v) is 16.6. The van der Waals surface area contributed by atoms with Crippen LogP contribution in [-0.2, 0) is 44.7 Å². The van der Waals surface area contributed by atoms with Crippen LogP contribution in [0.4, 0.5) is 0 Å². The van der Waals surface area contributed by atoms with Gasteiger partial charge in [-0.2, -0.15) is 0 Å². The van der Waals surface area contributed by atoms with Crippen LogP contribution in [-0.4, -0.2) is 108 Å². The average molecular weight is 811 g/mol. The van der Waals surface area contributed by atoms with Gasteiger partial charge in [-0.3, -0.25) is 28.8 Å². The van der Waals surface area contributed by atoms with Crippen LogP contribution in [0.2, 0.25) is 0 Å². The molecule has 0 saturated heterocycles. The summed E-state index contributed by atoms with van der Waals surface area (Å²) in [5.41, 5.74) is 1.09. The number of carbonyl (C=O) groups excluding carboxylic acids is 7. The number of cyclic esters (lactones) is 1. The molecule has 14 nitrogen and oxygen atoms in total. The van der Waals surface area contributed by atoms with Crippen molar-refractivity contribution in [2.24, 2.45) is 23.7 Å². The minimum absolute atomic E-state index is 0.00352. The van der Waals surface area contributed by atoms with Gasteiger partial charge in [0.2, 0.25) is 29.5 Å². The second-order valence-electron chi connectivity index (χ2n) is 16.6. The maximum atomic E-state index is 14.1. The molecule has 1 aliphatic heterocycles. The SMILES string of the molecule is CC[C@@H](C)[C@@H]1NC(=O)CN(C)C(=O)[C@@H](Cc2ccccc2)N(C)C(=O)[C@H](C)NC(=O)[C@@H](CC(C)C)OC(=O)/C(C)=C/CC[C@H](C)[C@@H]([C@@H](C)CC)NC(=O)[C@@H](C)NC1=O. The number of allylic oxidation sites excluding steroid dienone is 1. The number of nitrogens with zero attached hydrogens (tertiary/aromatic N) is 2. The van der Waals surface area contributed by atoms with Crippen LogP contribution < -0.4 is 21.3 Å². The van der Waals surface area contributed by atoms with Gasteiger partial charge in [-0.25, -0.2) is 4.79 Å². The van der Waals surface area contributed by atoms with E-state index < -0.39 is 72.3 Å². The van der Waals surface area contributed by atoms with E-state index >= 15 is 0 Å². The predicted molar refractivity (Wildman–Crippen MR) is 224 cm³/mol. The zero-order chi connectivity index (χ0) is 43.9. The summed E-state index contributed by atoms with van der Waals surface area (Å²) in [5, 5.41) is 11.4. The topological polar surface area (TPSA) is 183 Å². The first kappa shape index (κ1) is 49.4. The average Bonchev–Trinajstić information content (AvgIpc) is 3.18. The normalized spacial score (nSPS) is 28.1. The van der Waals surface area contributed by atoms with Crippen molar-refractivity contribution in [1.29, 1.82) is 0 Å². The lowest BCUT2D eigenvalue weighted by molar-refractivity contribution is -0.154. The van der Waals surface area contributed by atoms with Crippen LogP contribution in [0.15, 0.2) is 42.0 Å². The third kappa shape index (κ3) is 14.9. The first-order valence-corrected chi connectivity index (χ1v) is 20.9. The summed E-state index contributed by atoms with van der Waals surface area (Å²) in [7, 11) is 2.91. The first-order chi connectivity index (χ1) is 27.2. The van der Waals surface area contributed by atoms with Gasteiger partial charge in [0.15, 0.2) is 6.10 Å². The number of ether oxygens (including phenoxy) is 1. The molecule has 1 aromatic carbocycles. The molecule has 0 aromatic heterocycles. The quantitative estimate of drug-likeness (QED) is 0.285. The molecule has 9 atom stereocenters. The molecule has 0 aliphatic carbocycles. The summed E-state index contributed by atoms with van der Waals surface area (Å²) in [4.78, 5) is 98.2. The molecule has 0 radical (unpaired) electrons. The smallest absolute Gasteiger partial charge is 0.334 e. The molecule has 1 aromatic rings. The third-order valence-electron chi connectivity index (χ3n) is 11.2. The van der Waals surface area contributed by atoms with Gasteiger partial charge in [0.05, 0.1) is 6.54 Å². The van der Waals surface area contributed by atoms with Crippen LogP contribution in [0.3, 0.4) is 0 Å². The molecule has 58 heavy (non-hydrogen) atoms. The Balaban J connectivity index is 2.57. The van der Waals surface area contributed by atoms with Crippen molar-refractivity contribution in [1.82, 2.24) is 31.1 Å². The Bertz CT molecular complexity index is 1600. The van der Waals surface area contributed by atoms with E-state index in [1.54, 1.807) is 19.9 Å². The molecule has 0 saturated carbocycles. The van der Waals surface area contributed by atoms with Gasteiger partial charge >= 0.3 is 5.97 Å². The van der Waals surface area contributed by atoms with Gasteiger partial charge in [-0.05, 0) is 69.3 Å². The van der Waals surface area contributed by atoms with Gasteiger partial charge in [-0.1, -0.05) is 97.7 Å². The van der Waals surface area contributed by atoms with E-state index in [-0.39, 0.29) is 48.5 Å². The van der Waals surface area contributed by atoms with Crippen molar-refractivity contribution in [3.63, 3.8) is 0 Å². The number of likely N-dealkylation sites (N-methyl/N-ethyl adjacent to an activating group) is 2. The van der Waals surface area contributed by atoms with Crippen molar-refractivity contribution >= 4 is 41.4 Å². The Hall–Kier alpha value is -4.75. The highest BCUT2D eigenvalue weighted by atomic mass is 16.5. The number of benzene rings is 1. The number of rotatable bonds is 8. The Morgan fingerprint density at radius 2 is 1.36 bits per heavy atom. The highest BCUT2D eigenvalue weighted by molar-refractivity contribution is 5.96. The van der Waals surface area contributed by atoms with E-state index in [0.29, 0.717) is 24.8 Å². The van der Waals surface area contributed by atoms with Crippen LogP contribution in [0, 0.1) is 23.7 Å². The highest BCUT2D eigenvalue weighted by Gasteiger charge is 2.36. The molecule has 324 valence electrons. The summed E-state index contributed by atoms with van der Waals surface area (Å²) >= 11 is 0. The molecule has 0 unspecified atom stereocenters. The minimum Gasteiger partial charge on any atom is -0.449 e. The summed E-state index contributed by atoms with van der Waals surface area (Å²) in [6, 6.07) is 4.79. The fourth-order valence-corrected chi connectivity index (χ4v) is 6.96. The molecular weight excluding hydrogens is 741 g/mol. The lowest BCUT2D eigenvalue weighted by atomic mass is 9.85. The van der Waals surface area contributed by atoms with Gasteiger partial charge in [0.1, 0.15) is 24.2 Å². The molecule has 0 fully saturated rings. The van der Waals surface area contributed by atoms with E-state index in [2.05, 4.69) is 28.2 Å². The van der Waals surface area contributed by atoms with Crippen LogP contribution in [0.1, 0.15) is 107 Å². The van der Waals surface area contributed by atoms with E-state index in [1.807, 2.05) is 71.9 Å². The predicted octanol–water partition coefficient (Wildman–Crippen LogP) is 3.92. The molecule has 0 bridgehead atoms. The van der Waals surface area contributed by atoms with Crippen molar-refractivity contribution in [3.8, 4) is 0 Å². The standard InChI is InChI=1S/C44H70N6O8/c1-13-27(5)37-29(7)19-18-20-30(8)44(57)58-35(23-26(3)4)40(53)46-32(10)42(55)50(12)34(24-33-21-16-15-17-22-33)43(56)49(11)25-36(51)47-38(28(6)14-2)41(54)45-31(9)39(52)48-37/h15-17,20-22,26-29,31-32,34-35,37-38H,13-14,18-19,23-25H2,1-12H3,(H,45,54)(H,46,53)(H,47,51)(H,48,52)/b30-20+/t27-,28+,29-,31+,32-,34+,35+,37+,38-/m0/s1. The zero-order valence-corrected chi connectivity index (χ0v) is 36.8. The Labute approximate surface area is 346 Å². The van der Waals surface area contributed by atoms with E-state index in [9.17, 15) is 33.6 Å². The fourth-order valence-electron chi connectivity index (χ4n) is 6.96. The maximum absolute atomic E-state index is 14.1. The molecule has 1 aliphatic rings. The van der Waals surface area contributed by atoms with Gasteiger partial charge in [0, 0.05) is 32.1 Å². The van der Waals surface area contributed by atoms with Gasteiger partial charge in [-0.15, -0.1) is 0 Å². The van der Waals surface area contributed by atoms with Crippen LogP contribution in [0.5, 0.6) is 0 Å². The van der Waals surface area contributed by atoms with Gasteiger partial charge in [0.25, 0.3) is 5.91 Å². The van der Waals surface area contributed by atoms with Crippen molar-refractivity contribution < 1.29 is 38.3 Å². The van der Waals surface area contributed by atoms with Crippen LogP contribution in [0.25, 0.3) is 0 Å². The third-order valence-corrected chi connectivity index (χ3v) is 11.2. The molecule has 1 heterocycles. The van der Waals surface area contributed by atoms with E-state index in [4.69, 9.17) is 4.74 Å². The monoisotopic (exact) mass is 811 g/mol. The number of carbonyl (C=O) groups is 7. The Morgan fingerprint density at radius 1 is 0.759 bits per heavy atom. The lowest BCUT2D eigenvalue weighted by Gasteiger charge is -2.33. The minimum atomic E-state index is -1.17. The largest absolute Gasteiger partial charge is 0.449 e. The van der Waals surface area contributed by atoms with Crippen molar-refractivity contribution in [2.75, 3.05) is 20.6 Å². The maximum Gasteiger partial charge on any atom is 0.334 e. The van der Waals surface area contributed by atoms with Crippen molar-refractivity contribution in [3.05, 3.63) is 47.5 Å². The molecule has 0 spiro atoms. The lowest BCUT2D eigenvalue weighted by Crippen LogP contribution is -2.58. The summed E-state index contributed by atoms with van der Waals surface area (Å²) in [5.74, 6) is -4.11. The molecule has 14 heteroatoms. The number of hydrogen-bond acceptors (Lipinski definition) is 8. The fraction of sp³-hybridized carbons (Fsp3) is 0.659. The number of amides is 6. The molecular formula is C44H70N6O8. The number of esters is 1. The summed E-state index contributed by atoms with van der Waals surface area (Å²) in [6.45, 7) is 17.9. The van der Waals surface area contributed by atoms with Gasteiger partial charge < -0.3 is 35.8 Å². The van der Waals surface area contributed by atoms with Crippen molar-refractivity contribution in [2.45, 2.75) is 144 Å². The zero-order valence-electron chi connectivity index (χ0n) is 36.8. The van der Waals surface area contributed by atoms with E-state index in [1.165, 1.54) is 30.8 Å². The molecule has 2 rings (SSSR count). The Kier molecular flexibility index (Phi) is 20.1. The second kappa shape index (κ2) is 23.6. The number of hydrogen-bond donors (Lipinski definition) is 4. The molecule has 4 N–H and O–H groups in total. The highest BCUT2D eigenvalue weighted by Crippen LogP contribution is 2.22. The first-order valence-electron chi connectivity index (χ1n) is 20.9. The summed E-state index contributed by atoms with van der Waals surface area (Å²) in [6.07, 6.45) is 3.40. The van der Waals surface area contributed by atoms with Crippen LogP contribution >= 0.6 is 0 Å². The van der Waals surface area contributed by atoms with E-state index in [0.717, 1.165) is 12.0 Å². The Morgan fingerprint density at radius 3 is 1.95 bits per heavy atom.